The predicted molar refractivity (Wildman–Crippen MR) is 69.5 cm³/mol. The molecule has 0 spiro atoms. The zero-order chi connectivity index (χ0) is 11.9. The van der Waals surface area contributed by atoms with E-state index in [1.54, 1.807) is 0 Å². The highest BCUT2D eigenvalue weighted by atomic mass is 16.1. The Balaban J connectivity index is 2.01. The van der Waals surface area contributed by atoms with Crippen LogP contribution >= 0.6 is 0 Å². The van der Waals surface area contributed by atoms with Crippen LogP contribution in [0.2, 0.25) is 0 Å². The Labute approximate surface area is 103 Å². The molecule has 0 amide bonds. The van der Waals surface area contributed by atoms with Crippen LogP contribution in [-0.2, 0) is 4.79 Å². The largest absolute Gasteiger partial charge is 0.300 e. The lowest BCUT2D eigenvalue weighted by atomic mass is 10.1. The number of carbonyl (C=O) groups is 1. The average molecular weight is 224 g/mol. The third kappa shape index (κ3) is 3.92. The van der Waals surface area contributed by atoms with Gasteiger partial charge in [0.1, 0.15) is 5.78 Å². The van der Waals surface area contributed by atoms with E-state index in [1.165, 1.54) is 5.57 Å². The topological polar surface area (TPSA) is 17.1 Å². The van der Waals surface area contributed by atoms with E-state index in [9.17, 15) is 4.79 Å². The maximum absolute atomic E-state index is 11.3. The van der Waals surface area contributed by atoms with Crippen molar-refractivity contribution in [3.8, 4) is 11.8 Å². The first kappa shape index (κ1) is 11.7. The van der Waals surface area contributed by atoms with Gasteiger partial charge in [0, 0.05) is 18.4 Å². The number of Topliss-reactive ketones (excluding diaryl/α,β-unsaturated/α-hetero) is 1. The van der Waals surface area contributed by atoms with Crippen LogP contribution in [0.15, 0.2) is 42.0 Å². The lowest BCUT2D eigenvalue weighted by Crippen LogP contribution is -1.92. The number of carbonyl (C=O) groups excluding carboxylic acids is 1. The molecular weight excluding hydrogens is 208 g/mol. The van der Waals surface area contributed by atoms with E-state index in [0.29, 0.717) is 12.2 Å². The van der Waals surface area contributed by atoms with Crippen molar-refractivity contribution >= 4 is 5.78 Å². The van der Waals surface area contributed by atoms with Crippen LogP contribution in [0.1, 0.15) is 37.7 Å². The van der Waals surface area contributed by atoms with E-state index >= 15 is 0 Å². The van der Waals surface area contributed by atoms with E-state index in [0.717, 1.165) is 31.2 Å². The molecule has 1 aliphatic rings. The Bertz CT molecular complexity index is 471. The molecular formula is C16H16O. The van der Waals surface area contributed by atoms with Crippen molar-refractivity contribution in [2.45, 2.75) is 32.1 Å². The molecule has 0 aliphatic heterocycles. The summed E-state index contributed by atoms with van der Waals surface area (Å²) >= 11 is 0. The summed E-state index contributed by atoms with van der Waals surface area (Å²) < 4.78 is 0. The fourth-order valence-corrected chi connectivity index (χ4v) is 1.95. The number of hydrogen-bond donors (Lipinski definition) is 0. The lowest BCUT2D eigenvalue weighted by molar-refractivity contribution is -0.118. The summed E-state index contributed by atoms with van der Waals surface area (Å²) in [6.45, 7) is 0. The van der Waals surface area contributed by atoms with Crippen LogP contribution in [0.4, 0.5) is 0 Å². The molecule has 0 atom stereocenters. The SMILES string of the molecule is O=C1CCC/C(=C/C#Cc2ccccc2)CC1. The molecule has 86 valence electrons. The first-order valence-corrected chi connectivity index (χ1v) is 6.11. The highest BCUT2D eigenvalue weighted by Crippen LogP contribution is 2.19. The maximum atomic E-state index is 11.3. The molecule has 0 unspecified atom stereocenters. The van der Waals surface area contributed by atoms with Gasteiger partial charge in [-0.1, -0.05) is 35.6 Å². The minimum Gasteiger partial charge on any atom is -0.300 e. The Kier molecular flexibility index (Phi) is 4.16. The second-order valence-corrected chi connectivity index (χ2v) is 4.33. The van der Waals surface area contributed by atoms with Crippen LogP contribution < -0.4 is 0 Å². The summed E-state index contributed by atoms with van der Waals surface area (Å²) in [4.78, 5) is 11.3. The molecule has 0 heterocycles. The van der Waals surface area contributed by atoms with Gasteiger partial charge >= 0.3 is 0 Å². The van der Waals surface area contributed by atoms with Crippen molar-refractivity contribution in [1.29, 1.82) is 0 Å². The number of hydrogen-bond acceptors (Lipinski definition) is 1. The third-order valence-corrected chi connectivity index (χ3v) is 2.95. The van der Waals surface area contributed by atoms with Crippen LogP contribution in [0.5, 0.6) is 0 Å². The fraction of sp³-hybridized carbons (Fsp3) is 0.312. The maximum Gasteiger partial charge on any atom is 0.133 e. The molecule has 1 nitrogen and oxygen atoms in total. The van der Waals surface area contributed by atoms with Crippen LogP contribution in [0, 0.1) is 11.8 Å². The normalized spacial score (nSPS) is 18.4. The summed E-state index contributed by atoms with van der Waals surface area (Å²) in [5.74, 6) is 6.60. The first-order chi connectivity index (χ1) is 8.34. The van der Waals surface area contributed by atoms with Gasteiger partial charge in [-0.25, -0.2) is 0 Å². The minimum atomic E-state index is 0.393. The summed E-state index contributed by atoms with van der Waals surface area (Å²) in [5.41, 5.74) is 2.35. The lowest BCUT2D eigenvalue weighted by Gasteiger charge is -1.97. The van der Waals surface area contributed by atoms with E-state index < -0.39 is 0 Å². The zero-order valence-corrected chi connectivity index (χ0v) is 9.91. The van der Waals surface area contributed by atoms with Gasteiger partial charge in [-0.15, -0.1) is 0 Å². The molecule has 0 radical (unpaired) electrons. The summed E-state index contributed by atoms with van der Waals surface area (Å²) in [6.07, 6.45) is 6.32. The van der Waals surface area contributed by atoms with E-state index in [4.69, 9.17) is 0 Å². The van der Waals surface area contributed by atoms with Gasteiger partial charge in [0.25, 0.3) is 0 Å². The molecule has 1 saturated carbocycles. The number of allylic oxidation sites excluding steroid dienone is 2. The second kappa shape index (κ2) is 6.06. The molecule has 0 saturated heterocycles. The van der Waals surface area contributed by atoms with Gasteiger partial charge in [-0.2, -0.15) is 0 Å². The standard InChI is InChI=1S/C16H16O/c17-16-11-5-10-15(12-13-16)9-4-8-14-6-2-1-3-7-14/h1-3,6-7,9H,5,10-13H2/b15-9-. The molecule has 1 aromatic carbocycles. The Morgan fingerprint density at radius 3 is 2.65 bits per heavy atom. The molecule has 0 N–H and O–H groups in total. The van der Waals surface area contributed by atoms with Crippen LogP contribution in [0.3, 0.4) is 0 Å². The minimum absolute atomic E-state index is 0.393. The van der Waals surface area contributed by atoms with Crippen molar-refractivity contribution < 1.29 is 4.79 Å². The Hall–Kier alpha value is -1.81. The van der Waals surface area contributed by atoms with E-state index in [1.807, 2.05) is 36.4 Å². The van der Waals surface area contributed by atoms with Crippen molar-refractivity contribution in [3.05, 3.63) is 47.5 Å². The summed E-state index contributed by atoms with van der Waals surface area (Å²) in [5, 5.41) is 0. The smallest absolute Gasteiger partial charge is 0.133 e. The Morgan fingerprint density at radius 1 is 1.00 bits per heavy atom. The third-order valence-electron chi connectivity index (χ3n) is 2.95. The molecule has 1 heteroatoms. The average Bonchev–Trinajstić information content (AvgIpc) is 2.56. The molecule has 1 aliphatic carbocycles. The molecule has 1 fully saturated rings. The van der Waals surface area contributed by atoms with E-state index in [-0.39, 0.29) is 0 Å². The predicted octanol–water partition coefficient (Wildman–Crippen LogP) is 3.50. The highest BCUT2D eigenvalue weighted by molar-refractivity contribution is 5.79. The van der Waals surface area contributed by atoms with Crippen molar-refractivity contribution in [3.63, 3.8) is 0 Å². The van der Waals surface area contributed by atoms with Gasteiger partial charge in [-0.3, -0.25) is 4.79 Å². The molecule has 0 aromatic heterocycles. The monoisotopic (exact) mass is 224 g/mol. The van der Waals surface area contributed by atoms with Crippen LogP contribution in [0.25, 0.3) is 0 Å². The number of benzene rings is 1. The van der Waals surface area contributed by atoms with Crippen molar-refractivity contribution in [2.75, 3.05) is 0 Å². The zero-order valence-electron chi connectivity index (χ0n) is 9.91. The van der Waals surface area contributed by atoms with Gasteiger partial charge in [0.2, 0.25) is 0 Å². The second-order valence-electron chi connectivity index (χ2n) is 4.33. The molecule has 2 rings (SSSR count). The summed E-state index contributed by atoms with van der Waals surface area (Å²) in [6, 6.07) is 9.97. The van der Waals surface area contributed by atoms with Crippen LogP contribution in [-0.4, -0.2) is 5.78 Å². The van der Waals surface area contributed by atoms with Crippen molar-refractivity contribution in [2.24, 2.45) is 0 Å². The molecule has 17 heavy (non-hydrogen) atoms. The Morgan fingerprint density at radius 2 is 1.82 bits per heavy atom. The highest BCUT2D eigenvalue weighted by Gasteiger charge is 2.09. The summed E-state index contributed by atoms with van der Waals surface area (Å²) in [7, 11) is 0. The quantitative estimate of drug-likeness (QED) is 0.487. The fourth-order valence-electron chi connectivity index (χ4n) is 1.95. The first-order valence-electron chi connectivity index (χ1n) is 6.11. The van der Waals surface area contributed by atoms with Gasteiger partial charge in [-0.05, 0) is 37.5 Å². The van der Waals surface area contributed by atoms with Gasteiger partial charge < -0.3 is 0 Å². The van der Waals surface area contributed by atoms with Gasteiger partial charge in [0.05, 0.1) is 0 Å². The van der Waals surface area contributed by atoms with E-state index in [2.05, 4.69) is 11.8 Å². The number of rotatable bonds is 0. The van der Waals surface area contributed by atoms with Crippen molar-refractivity contribution in [1.82, 2.24) is 0 Å². The van der Waals surface area contributed by atoms with Gasteiger partial charge in [0.15, 0.2) is 0 Å². The number of ketones is 1. The molecule has 0 bridgehead atoms. The molecule has 1 aromatic rings.